The van der Waals surface area contributed by atoms with Crippen molar-refractivity contribution in [1.29, 1.82) is 0 Å². The van der Waals surface area contributed by atoms with Crippen LogP contribution < -0.4 is 4.74 Å². The highest BCUT2D eigenvalue weighted by Gasteiger charge is 2.38. The minimum Gasteiger partial charge on any atom is -0.427 e. The summed E-state index contributed by atoms with van der Waals surface area (Å²) in [6.07, 6.45) is 0. The second-order valence-corrected chi connectivity index (χ2v) is 8.54. The molecule has 1 saturated heterocycles. The molecule has 0 aromatic heterocycles. The Morgan fingerprint density at radius 2 is 1.35 bits per heavy atom. The number of esters is 1. The molecule has 4 amide bonds. The van der Waals surface area contributed by atoms with Crippen LogP contribution in [0.2, 0.25) is 0 Å². The van der Waals surface area contributed by atoms with Gasteiger partial charge in [-0.15, -0.1) is 0 Å². The van der Waals surface area contributed by atoms with Crippen molar-refractivity contribution in [3.63, 3.8) is 0 Å². The maximum atomic E-state index is 13.1. The summed E-state index contributed by atoms with van der Waals surface area (Å²) in [4.78, 5) is 66.7. The first-order chi connectivity index (χ1) is 16.2. The number of carbonyl (C=O) groups excluding carboxylic acids is 5. The summed E-state index contributed by atoms with van der Waals surface area (Å²) in [7, 11) is 0. The van der Waals surface area contributed by atoms with E-state index in [0.29, 0.717) is 48.6 Å². The predicted octanol–water partition coefficient (Wildman–Crippen LogP) is 2.21. The van der Waals surface area contributed by atoms with Crippen LogP contribution in [0.25, 0.3) is 0 Å². The third-order valence-corrected chi connectivity index (χ3v) is 5.88. The largest absolute Gasteiger partial charge is 0.427 e. The highest BCUT2D eigenvalue weighted by Crippen LogP contribution is 2.26. The lowest BCUT2D eigenvalue weighted by Crippen LogP contribution is -2.50. The fraction of sp³-hybridized carbons (Fsp3) is 0.320. The van der Waals surface area contributed by atoms with Gasteiger partial charge in [0.1, 0.15) is 5.75 Å². The molecule has 0 radical (unpaired) electrons. The first-order valence-corrected chi connectivity index (χ1v) is 11.1. The number of imide groups is 1. The topological polar surface area (TPSA) is 104 Å². The van der Waals surface area contributed by atoms with Crippen LogP contribution >= 0.6 is 0 Å². The highest BCUT2D eigenvalue weighted by molar-refractivity contribution is 6.22. The van der Waals surface area contributed by atoms with E-state index in [-0.39, 0.29) is 29.3 Å². The highest BCUT2D eigenvalue weighted by atomic mass is 16.5. The van der Waals surface area contributed by atoms with Crippen LogP contribution in [0.3, 0.4) is 0 Å². The second-order valence-electron chi connectivity index (χ2n) is 8.54. The van der Waals surface area contributed by atoms with Crippen LogP contribution in [0.15, 0.2) is 42.5 Å². The van der Waals surface area contributed by atoms with Crippen molar-refractivity contribution in [3.05, 3.63) is 64.7 Å². The van der Waals surface area contributed by atoms with Gasteiger partial charge in [-0.25, -0.2) is 0 Å². The quantitative estimate of drug-likeness (QED) is 0.391. The number of hydrogen-bond acceptors (Lipinski definition) is 6. The Morgan fingerprint density at radius 3 is 1.91 bits per heavy atom. The fourth-order valence-corrected chi connectivity index (χ4v) is 4.20. The molecule has 0 spiro atoms. The first-order valence-electron chi connectivity index (χ1n) is 11.1. The molecule has 34 heavy (non-hydrogen) atoms. The number of benzene rings is 2. The van der Waals surface area contributed by atoms with Crippen LogP contribution in [0.4, 0.5) is 0 Å². The molecular weight excluding hydrogens is 438 g/mol. The van der Waals surface area contributed by atoms with Crippen LogP contribution in [-0.2, 0) is 4.79 Å². The number of rotatable bonds is 4. The van der Waals surface area contributed by atoms with Gasteiger partial charge in [0.25, 0.3) is 23.6 Å². The average molecular weight is 463 g/mol. The van der Waals surface area contributed by atoms with Gasteiger partial charge in [-0.3, -0.25) is 28.9 Å². The van der Waals surface area contributed by atoms with Gasteiger partial charge in [0.15, 0.2) is 0 Å². The lowest BCUT2D eigenvalue weighted by atomic mass is 10.0. The van der Waals surface area contributed by atoms with Crippen molar-refractivity contribution < 1.29 is 28.7 Å². The summed E-state index contributed by atoms with van der Waals surface area (Å²) >= 11 is 0. The third kappa shape index (κ3) is 4.28. The van der Waals surface area contributed by atoms with Crippen molar-refractivity contribution in [1.82, 2.24) is 14.7 Å². The van der Waals surface area contributed by atoms with Crippen molar-refractivity contribution in [2.45, 2.75) is 26.8 Å². The maximum absolute atomic E-state index is 13.1. The van der Waals surface area contributed by atoms with E-state index in [1.807, 2.05) is 0 Å². The Hall–Kier alpha value is -4.01. The molecule has 9 nitrogen and oxygen atoms in total. The Bertz CT molecular complexity index is 1200. The molecule has 2 heterocycles. The zero-order valence-corrected chi connectivity index (χ0v) is 19.2. The van der Waals surface area contributed by atoms with Gasteiger partial charge in [-0.1, -0.05) is 6.07 Å². The standard InChI is InChI=1S/C25H25N3O6/c1-15(2)28-24(32)20-8-7-18(14-21(20)25(28)33)23(31)27-11-9-26(10-12-27)22(30)17-5-4-6-19(13-17)34-16(3)29/h4-8,13-15H,9-12H2,1-3H3. The van der Waals surface area contributed by atoms with E-state index >= 15 is 0 Å². The van der Waals surface area contributed by atoms with Gasteiger partial charge in [0, 0.05) is 50.3 Å². The number of hydrogen-bond donors (Lipinski definition) is 0. The SMILES string of the molecule is CC(=O)Oc1cccc(C(=O)N2CCN(C(=O)c3ccc4c(c3)C(=O)N(C(C)C)C4=O)CC2)c1. The van der Waals surface area contributed by atoms with E-state index < -0.39 is 11.9 Å². The van der Waals surface area contributed by atoms with Crippen molar-refractivity contribution in [2.24, 2.45) is 0 Å². The van der Waals surface area contributed by atoms with E-state index in [0.717, 1.165) is 0 Å². The summed E-state index contributed by atoms with van der Waals surface area (Å²) in [5, 5.41) is 0. The Kier molecular flexibility index (Phi) is 6.19. The van der Waals surface area contributed by atoms with Gasteiger partial charge in [-0.05, 0) is 50.2 Å². The third-order valence-electron chi connectivity index (χ3n) is 5.88. The number of ether oxygens (including phenoxy) is 1. The van der Waals surface area contributed by atoms with Crippen molar-refractivity contribution in [2.75, 3.05) is 26.2 Å². The lowest BCUT2D eigenvalue weighted by molar-refractivity contribution is -0.131. The monoisotopic (exact) mass is 463 g/mol. The molecule has 2 aliphatic heterocycles. The van der Waals surface area contributed by atoms with Gasteiger partial charge in [-0.2, -0.15) is 0 Å². The molecule has 0 unspecified atom stereocenters. The smallest absolute Gasteiger partial charge is 0.308 e. The zero-order chi connectivity index (χ0) is 24.6. The minimum absolute atomic E-state index is 0.212. The van der Waals surface area contributed by atoms with Crippen LogP contribution in [0.5, 0.6) is 5.75 Å². The molecule has 1 fully saturated rings. The van der Waals surface area contributed by atoms with E-state index in [4.69, 9.17) is 4.74 Å². The summed E-state index contributed by atoms with van der Waals surface area (Å²) in [6, 6.07) is 10.7. The predicted molar refractivity (Wildman–Crippen MR) is 122 cm³/mol. The van der Waals surface area contributed by atoms with E-state index in [9.17, 15) is 24.0 Å². The normalized spacial score (nSPS) is 15.6. The van der Waals surface area contributed by atoms with E-state index in [2.05, 4.69) is 0 Å². The van der Waals surface area contributed by atoms with Gasteiger partial charge in [0.05, 0.1) is 11.1 Å². The molecule has 0 bridgehead atoms. The Morgan fingerprint density at radius 1 is 0.794 bits per heavy atom. The van der Waals surface area contributed by atoms with Gasteiger partial charge < -0.3 is 14.5 Å². The maximum Gasteiger partial charge on any atom is 0.308 e. The van der Waals surface area contributed by atoms with Crippen LogP contribution in [0.1, 0.15) is 62.2 Å². The number of fused-ring (bicyclic) bond motifs is 1. The van der Waals surface area contributed by atoms with Crippen molar-refractivity contribution >= 4 is 29.6 Å². The number of piperazine rings is 1. The fourth-order valence-electron chi connectivity index (χ4n) is 4.20. The average Bonchev–Trinajstić information content (AvgIpc) is 3.07. The summed E-state index contributed by atoms with van der Waals surface area (Å²) in [5.74, 6) is -1.37. The molecule has 9 heteroatoms. The lowest BCUT2D eigenvalue weighted by Gasteiger charge is -2.35. The van der Waals surface area contributed by atoms with E-state index in [1.165, 1.54) is 30.0 Å². The molecule has 2 aliphatic rings. The minimum atomic E-state index is -0.466. The molecule has 2 aromatic carbocycles. The second kappa shape index (κ2) is 9.09. The number of nitrogens with zero attached hydrogens (tertiary/aromatic N) is 3. The summed E-state index contributed by atoms with van der Waals surface area (Å²) in [5.41, 5.74) is 1.28. The van der Waals surface area contributed by atoms with Crippen molar-refractivity contribution in [3.8, 4) is 5.75 Å². The Labute approximate surface area is 196 Å². The Balaban J connectivity index is 1.42. The molecule has 2 aromatic rings. The molecule has 176 valence electrons. The molecule has 0 atom stereocenters. The van der Waals surface area contributed by atoms with Gasteiger partial charge >= 0.3 is 5.97 Å². The van der Waals surface area contributed by atoms with Crippen LogP contribution in [-0.4, -0.2) is 76.5 Å². The van der Waals surface area contributed by atoms with E-state index in [1.54, 1.807) is 47.9 Å². The number of carbonyl (C=O) groups is 5. The molecule has 0 saturated carbocycles. The molecule has 0 N–H and O–H groups in total. The summed E-state index contributed by atoms with van der Waals surface area (Å²) in [6.45, 7) is 6.16. The molecule has 0 aliphatic carbocycles. The first kappa shape index (κ1) is 23.2. The molecule has 4 rings (SSSR count). The zero-order valence-electron chi connectivity index (χ0n) is 19.2. The molecular formula is C25H25N3O6. The van der Waals surface area contributed by atoms with Gasteiger partial charge in [0.2, 0.25) is 0 Å². The summed E-state index contributed by atoms with van der Waals surface area (Å²) < 4.78 is 5.04. The number of amides is 4. The van der Waals surface area contributed by atoms with Crippen LogP contribution in [0, 0.1) is 0 Å².